The Morgan fingerprint density at radius 3 is 2.62 bits per heavy atom. The van der Waals surface area contributed by atoms with Gasteiger partial charge < -0.3 is 5.32 Å². The highest BCUT2D eigenvalue weighted by Gasteiger charge is 2.07. The molecule has 21 heavy (non-hydrogen) atoms. The van der Waals surface area contributed by atoms with Crippen molar-refractivity contribution in [3.63, 3.8) is 0 Å². The lowest BCUT2D eigenvalue weighted by Gasteiger charge is -2.06. The Labute approximate surface area is 120 Å². The molecular formula is C15H11FN4O. The second-order valence-electron chi connectivity index (χ2n) is 4.32. The molecule has 0 spiro atoms. The normalized spacial score (nSPS) is 10.3. The monoisotopic (exact) mass is 282 g/mol. The van der Waals surface area contributed by atoms with Crippen LogP contribution in [0, 0.1) is 5.95 Å². The molecule has 6 heteroatoms. The molecule has 2 aromatic heterocycles. The van der Waals surface area contributed by atoms with Crippen molar-refractivity contribution < 1.29 is 9.18 Å². The van der Waals surface area contributed by atoms with Gasteiger partial charge in [-0.2, -0.15) is 9.49 Å². The second kappa shape index (κ2) is 5.54. The van der Waals surface area contributed by atoms with E-state index >= 15 is 0 Å². The Bertz CT molecular complexity index is 754. The number of hydrogen-bond acceptors (Lipinski definition) is 3. The van der Waals surface area contributed by atoms with Gasteiger partial charge in [0, 0.05) is 35.9 Å². The summed E-state index contributed by atoms with van der Waals surface area (Å²) < 4.78 is 14.7. The number of rotatable bonds is 3. The van der Waals surface area contributed by atoms with Crippen LogP contribution in [-0.2, 0) is 0 Å². The minimum atomic E-state index is -0.684. The summed E-state index contributed by atoms with van der Waals surface area (Å²) >= 11 is 0. The number of amides is 1. The summed E-state index contributed by atoms with van der Waals surface area (Å²) in [5, 5.41) is 6.81. The number of halogens is 1. The van der Waals surface area contributed by atoms with Crippen LogP contribution >= 0.6 is 0 Å². The number of aromatic nitrogens is 3. The third-order valence-electron chi connectivity index (χ3n) is 2.88. The van der Waals surface area contributed by atoms with Crippen LogP contribution in [0.4, 0.5) is 10.1 Å². The Morgan fingerprint density at radius 1 is 1.14 bits per heavy atom. The van der Waals surface area contributed by atoms with E-state index in [1.807, 2.05) is 24.4 Å². The van der Waals surface area contributed by atoms with Gasteiger partial charge in [-0.25, -0.2) is 9.67 Å². The maximum Gasteiger partial charge on any atom is 0.255 e. The summed E-state index contributed by atoms with van der Waals surface area (Å²) in [5.74, 6) is -1.07. The first-order valence-electron chi connectivity index (χ1n) is 6.25. The number of benzene rings is 1. The van der Waals surface area contributed by atoms with Crippen molar-refractivity contribution in [2.75, 3.05) is 5.32 Å². The number of pyridine rings is 1. The summed E-state index contributed by atoms with van der Waals surface area (Å²) in [6.45, 7) is 0. The molecule has 104 valence electrons. The summed E-state index contributed by atoms with van der Waals surface area (Å²) in [5.41, 5.74) is 1.72. The molecule has 1 aromatic carbocycles. The molecule has 3 rings (SSSR count). The van der Waals surface area contributed by atoms with Crippen molar-refractivity contribution in [3.8, 4) is 5.69 Å². The van der Waals surface area contributed by atoms with Crippen LogP contribution in [0.5, 0.6) is 0 Å². The number of hydrogen-bond donors (Lipinski definition) is 1. The van der Waals surface area contributed by atoms with Crippen LogP contribution < -0.4 is 5.32 Å². The van der Waals surface area contributed by atoms with Crippen LogP contribution in [0.1, 0.15) is 10.4 Å². The molecule has 0 aliphatic rings. The molecule has 1 N–H and O–H groups in total. The Morgan fingerprint density at radius 2 is 1.95 bits per heavy atom. The third kappa shape index (κ3) is 2.94. The minimum absolute atomic E-state index is 0.221. The van der Waals surface area contributed by atoms with E-state index in [4.69, 9.17) is 0 Å². The van der Waals surface area contributed by atoms with Crippen molar-refractivity contribution in [2.45, 2.75) is 0 Å². The zero-order valence-electron chi connectivity index (χ0n) is 10.9. The van der Waals surface area contributed by atoms with Crippen LogP contribution in [-0.4, -0.2) is 20.7 Å². The van der Waals surface area contributed by atoms with Crippen LogP contribution in [0.15, 0.2) is 61.1 Å². The van der Waals surface area contributed by atoms with Gasteiger partial charge in [-0.15, -0.1) is 0 Å². The number of carbonyl (C=O) groups is 1. The zero-order chi connectivity index (χ0) is 14.7. The lowest BCUT2D eigenvalue weighted by Crippen LogP contribution is -2.12. The largest absolute Gasteiger partial charge is 0.322 e. The number of nitrogens with zero attached hydrogens (tertiary/aromatic N) is 3. The molecule has 0 atom stereocenters. The Kier molecular flexibility index (Phi) is 3.42. The number of carbonyl (C=O) groups excluding carboxylic acids is 1. The van der Waals surface area contributed by atoms with E-state index in [0.717, 1.165) is 11.8 Å². The summed E-state index contributed by atoms with van der Waals surface area (Å²) in [6.07, 6.45) is 4.77. The van der Waals surface area contributed by atoms with Gasteiger partial charge in [-0.05, 0) is 36.4 Å². The predicted octanol–water partition coefficient (Wildman–Crippen LogP) is 2.66. The maximum absolute atomic E-state index is 13.0. The molecule has 0 saturated carbocycles. The van der Waals surface area contributed by atoms with Gasteiger partial charge in [0.1, 0.15) is 0 Å². The minimum Gasteiger partial charge on any atom is -0.322 e. The first-order valence-corrected chi connectivity index (χ1v) is 6.25. The van der Waals surface area contributed by atoms with E-state index in [2.05, 4.69) is 15.4 Å². The molecular weight excluding hydrogens is 271 g/mol. The topological polar surface area (TPSA) is 59.8 Å². The van der Waals surface area contributed by atoms with Gasteiger partial charge >= 0.3 is 0 Å². The first-order chi connectivity index (χ1) is 10.2. The fraction of sp³-hybridized carbons (Fsp3) is 0. The Balaban J connectivity index is 1.75. The summed E-state index contributed by atoms with van der Waals surface area (Å²) in [6, 6.07) is 11.5. The molecule has 0 fully saturated rings. The SMILES string of the molecule is O=C(Nc1ccc(-n2cccn2)cc1)c1ccnc(F)c1. The van der Waals surface area contributed by atoms with E-state index in [-0.39, 0.29) is 11.5 Å². The van der Waals surface area contributed by atoms with E-state index in [0.29, 0.717) is 5.69 Å². The summed E-state index contributed by atoms with van der Waals surface area (Å²) in [4.78, 5) is 15.4. The predicted molar refractivity (Wildman–Crippen MR) is 75.7 cm³/mol. The smallest absolute Gasteiger partial charge is 0.255 e. The number of nitrogens with one attached hydrogen (secondary N) is 1. The van der Waals surface area contributed by atoms with Gasteiger partial charge in [-0.3, -0.25) is 4.79 Å². The fourth-order valence-electron chi connectivity index (χ4n) is 1.87. The van der Waals surface area contributed by atoms with Crippen molar-refractivity contribution in [1.82, 2.24) is 14.8 Å². The van der Waals surface area contributed by atoms with E-state index in [1.54, 1.807) is 23.0 Å². The van der Waals surface area contributed by atoms with Crippen LogP contribution in [0.2, 0.25) is 0 Å². The molecule has 0 aliphatic heterocycles. The van der Waals surface area contributed by atoms with E-state index in [1.165, 1.54) is 12.3 Å². The third-order valence-corrected chi connectivity index (χ3v) is 2.88. The van der Waals surface area contributed by atoms with Gasteiger partial charge in [0.25, 0.3) is 5.91 Å². The highest BCUT2D eigenvalue weighted by Crippen LogP contribution is 2.13. The average molecular weight is 282 g/mol. The highest BCUT2D eigenvalue weighted by atomic mass is 19.1. The quantitative estimate of drug-likeness (QED) is 0.751. The molecule has 0 unspecified atom stereocenters. The number of anilines is 1. The lowest BCUT2D eigenvalue weighted by atomic mass is 10.2. The lowest BCUT2D eigenvalue weighted by molar-refractivity contribution is 0.102. The Hall–Kier alpha value is -3.02. The molecule has 2 heterocycles. The van der Waals surface area contributed by atoms with Crippen molar-refractivity contribution >= 4 is 11.6 Å². The van der Waals surface area contributed by atoms with Crippen LogP contribution in [0.3, 0.4) is 0 Å². The maximum atomic E-state index is 13.0. The highest BCUT2D eigenvalue weighted by molar-refractivity contribution is 6.04. The average Bonchev–Trinajstić information content (AvgIpc) is 3.02. The van der Waals surface area contributed by atoms with Gasteiger partial charge in [-0.1, -0.05) is 0 Å². The zero-order valence-corrected chi connectivity index (χ0v) is 10.9. The van der Waals surface area contributed by atoms with Crippen molar-refractivity contribution in [1.29, 1.82) is 0 Å². The molecule has 0 aliphatic carbocycles. The molecule has 3 aromatic rings. The van der Waals surface area contributed by atoms with Gasteiger partial charge in [0.15, 0.2) is 0 Å². The van der Waals surface area contributed by atoms with Crippen molar-refractivity contribution in [2.24, 2.45) is 0 Å². The molecule has 0 bridgehead atoms. The first kappa shape index (κ1) is 13.0. The van der Waals surface area contributed by atoms with E-state index < -0.39 is 5.95 Å². The molecule has 5 nitrogen and oxygen atoms in total. The second-order valence-corrected chi connectivity index (χ2v) is 4.32. The standard InChI is InChI=1S/C15H11FN4O/c16-14-10-11(6-8-17-14)15(21)19-12-2-4-13(5-3-12)20-9-1-7-18-20/h1-10H,(H,19,21). The van der Waals surface area contributed by atoms with Crippen molar-refractivity contribution in [3.05, 3.63) is 72.6 Å². The molecule has 0 saturated heterocycles. The van der Waals surface area contributed by atoms with Crippen LogP contribution in [0.25, 0.3) is 5.69 Å². The molecule has 0 radical (unpaired) electrons. The fourth-order valence-corrected chi connectivity index (χ4v) is 1.87. The van der Waals surface area contributed by atoms with Gasteiger partial charge in [0.2, 0.25) is 5.95 Å². The van der Waals surface area contributed by atoms with Gasteiger partial charge in [0.05, 0.1) is 5.69 Å². The molecule has 1 amide bonds. The summed E-state index contributed by atoms with van der Waals surface area (Å²) in [7, 11) is 0. The van der Waals surface area contributed by atoms with E-state index in [9.17, 15) is 9.18 Å².